The van der Waals surface area contributed by atoms with E-state index in [4.69, 9.17) is 9.47 Å². The second kappa shape index (κ2) is 8.65. The molecule has 0 amide bonds. The standard InChI is InChI=1S/C16H26BrNO2/c1-5-20-15-7-6-14(17)12-13(15)8-10-19-11-9-18-16(2,3)4/h6-7,12,18H,5,8-11H2,1-4H3. The quantitative estimate of drug-likeness (QED) is 0.728. The summed E-state index contributed by atoms with van der Waals surface area (Å²) in [5.41, 5.74) is 1.33. The Bertz CT molecular complexity index is 402. The molecule has 0 spiro atoms. The third-order valence-electron chi connectivity index (χ3n) is 2.74. The SMILES string of the molecule is CCOc1ccc(Br)cc1CCOCCNC(C)(C)C. The number of hydrogen-bond donors (Lipinski definition) is 1. The van der Waals surface area contributed by atoms with Gasteiger partial charge < -0.3 is 14.8 Å². The molecule has 1 aromatic carbocycles. The van der Waals surface area contributed by atoms with Crippen LogP contribution < -0.4 is 10.1 Å². The monoisotopic (exact) mass is 343 g/mol. The molecule has 3 nitrogen and oxygen atoms in total. The zero-order valence-electron chi connectivity index (χ0n) is 13.0. The Morgan fingerprint density at radius 3 is 2.60 bits per heavy atom. The molecule has 0 bridgehead atoms. The van der Waals surface area contributed by atoms with E-state index in [-0.39, 0.29) is 5.54 Å². The third kappa shape index (κ3) is 7.27. The van der Waals surface area contributed by atoms with Crippen molar-refractivity contribution in [2.75, 3.05) is 26.4 Å². The van der Waals surface area contributed by atoms with Gasteiger partial charge in [0.2, 0.25) is 0 Å². The zero-order chi connectivity index (χ0) is 15.0. The van der Waals surface area contributed by atoms with Crippen molar-refractivity contribution >= 4 is 15.9 Å². The van der Waals surface area contributed by atoms with Gasteiger partial charge in [-0.3, -0.25) is 0 Å². The van der Waals surface area contributed by atoms with Gasteiger partial charge in [0.25, 0.3) is 0 Å². The van der Waals surface area contributed by atoms with E-state index in [0.29, 0.717) is 13.2 Å². The molecular formula is C16H26BrNO2. The van der Waals surface area contributed by atoms with E-state index < -0.39 is 0 Å². The average Bonchev–Trinajstić information content (AvgIpc) is 2.35. The molecule has 0 aliphatic carbocycles. The molecule has 0 unspecified atom stereocenters. The number of rotatable bonds is 8. The van der Waals surface area contributed by atoms with Gasteiger partial charge in [-0.25, -0.2) is 0 Å². The lowest BCUT2D eigenvalue weighted by molar-refractivity contribution is 0.133. The summed E-state index contributed by atoms with van der Waals surface area (Å²) in [6.07, 6.45) is 0.865. The van der Waals surface area contributed by atoms with E-state index >= 15 is 0 Å². The molecule has 0 aliphatic heterocycles. The van der Waals surface area contributed by atoms with Crippen LogP contribution in [0.2, 0.25) is 0 Å². The fourth-order valence-electron chi connectivity index (χ4n) is 1.82. The molecule has 20 heavy (non-hydrogen) atoms. The van der Waals surface area contributed by atoms with Crippen LogP contribution in [0.3, 0.4) is 0 Å². The second-order valence-corrected chi connectivity index (χ2v) is 6.64. The maximum Gasteiger partial charge on any atom is 0.122 e. The lowest BCUT2D eigenvalue weighted by Crippen LogP contribution is -2.38. The number of nitrogens with one attached hydrogen (secondary N) is 1. The summed E-state index contributed by atoms with van der Waals surface area (Å²) in [6, 6.07) is 6.11. The van der Waals surface area contributed by atoms with Crippen LogP contribution in [-0.4, -0.2) is 31.9 Å². The van der Waals surface area contributed by atoms with Crippen molar-refractivity contribution in [3.05, 3.63) is 28.2 Å². The summed E-state index contributed by atoms with van der Waals surface area (Å²) >= 11 is 3.50. The summed E-state index contributed by atoms with van der Waals surface area (Å²) in [4.78, 5) is 0. The first-order valence-electron chi connectivity index (χ1n) is 7.16. The lowest BCUT2D eigenvalue weighted by Gasteiger charge is -2.20. The molecule has 0 aliphatic rings. The Morgan fingerprint density at radius 1 is 1.20 bits per heavy atom. The Morgan fingerprint density at radius 2 is 1.95 bits per heavy atom. The third-order valence-corrected chi connectivity index (χ3v) is 3.23. The molecule has 0 aromatic heterocycles. The van der Waals surface area contributed by atoms with Crippen LogP contribution in [0.5, 0.6) is 5.75 Å². The van der Waals surface area contributed by atoms with E-state index in [2.05, 4.69) is 48.1 Å². The molecule has 1 N–H and O–H groups in total. The maximum atomic E-state index is 5.67. The summed E-state index contributed by atoms with van der Waals surface area (Å²) in [6.45, 7) is 11.5. The fraction of sp³-hybridized carbons (Fsp3) is 0.625. The highest BCUT2D eigenvalue weighted by molar-refractivity contribution is 9.10. The van der Waals surface area contributed by atoms with E-state index in [1.54, 1.807) is 0 Å². The van der Waals surface area contributed by atoms with Gasteiger partial charge in [0, 0.05) is 16.6 Å². The normalized spacial score (nSPS) is 11.7. The number of halogens is 1. The summed E-state index contributed by atoms with van der Waals surface area (Å²) in [7, 11) is 0. The van der Waals surface area contributed by atoms with Crippen LogP contribution in [0, 0.1) is 0 Å². The van der Waals surface area contributed by atoms with Crippen molar-refractivity contribution in [2.24, 2.45) is 0 Å². The van der Waals surface area contributed by atoms with Crippen LogP contribution in [0.1, 0.15) is 33.3 Å². The molecule has 0 saturated carbocycles. The van der Waals surface area contributed by atoms with Gasteiger partial charge in [-0.05, 0) is 57.9 Å². The molecule has 0 atom stereocenters. The number of hydrogen-bond acceptors (Lipinski definition) is 3. The molecule has 0 heterocycles. The highest BCUT2D eigenvalue weighted by atomic mass is 79.9. The van der Waals surface area contributed by atoms with E-state index in [9.17, 15) is 0 Å². The van der Waals surface area contributed by atoms with Crippen LogP contribution in [0.4, 0.5) is 0 Å². The molecule has 1 rings (SSSR count). The molecule has 4 heteroatoms. The van der Waals surface area contributed by atoms with E-state index in [1.165, 1.54) is 5.56 Å². The van der Waals surface area contributed by atoms with Crippen molar-refractivity contribution in [2.45, 2.75) is 39.7 Å². The minimum absolute atomic E-state index is 0.149. The van der Waals surface area contributed by atoms with Crippen LogP contribution in [0.15, 0.2) is 22.7 Å². The smallest absolute Gasteiger partial charge is 0.122 e. The van der Waals surface area contributed by atoms with Gasteiger partial charge in [-0.2, -0.15) is 0 Å². The zero-order valence-corrected chi connectivity index (χ0v) is 14.5. The molecule has 0 radical (unpaired) electrons. The fourth-order valence-corrected chi connectivity index (χ4v) is 2.23. The molecule has 114 valence electrons. The Labute approximate surface area is 131 Å². The predicted molar refractivity (Wildman–Crippen MR) is 87.6 cm³/mol. The highest BCUT2D eigenvalue weighted by Gasteiger charge is 2.07. The minimum atomic E-state index is 0.149. The van der Waals surface area contributed by atoms with Crippen molar-refractivity contribution in [1.29, 1.82) is 0 Å². The van der Waals surface area contributed by atoms with E-state index in [0.717, 1.165) is 29.8 Å². The minimum Gasteiger partial charge on any atom is -0.494 e. The van der Waals surface area contributed by atoms with Crippen molar-refractivity contribution in [3.63, 3.8) is 0 Å². The summed E-state index contributed by atoms with van der Waals surface area (Å²) in [5, 5.41) is 3.40. The lowest BCUT2D eigenvalue weighted by atomic mass is 10.1. The van der Waals surface area contributed by atoms with Crippen LogP contribution in [-0.2, 0) is 11.2 Å². The van der Waals surface area contributed by atoms with Crippen molar-refractivity contribution in [1.82, 2.24) is 5.32 Å². The van der Waals surface area contributed by atoms with Gasteiger partial charge >= 0.3 is 0 Å². The van der Waals surface area contributed by atoms with Gasteiger partial charge in [0.05, 0.1) is 19.8 Å². The summed E-state index contributed by atoms with van der Waals surface area (Å²) in [5.74, 6) is 0.951. The Kier molecular flexibility index (Phi) is 7.56. The highest BCUT2D eigenvalue weighted by Crippen LogP contribution is 2.23. The maximum absolute atomic E-state index is 5.67. The Balaban J connectivity index is 2.32. The summed E-state index contributed by atoms with van der Waals surface area (Å²) < 4.78 is 12.4. The first-order valence-corrected chi connectivity index (χ1v) is 7.95. The topological polar surface area (TPSA) is 30.5 Å². The van der Waals surface area contributed by atoms with Crippen molar-refractivity contribution in [3.8, 4) is 5.75 Å². The van der Waals surface area contributed by atoms with E-state index in [1.807, 2.05) is 19.1 Å². The van der Waals surface area contributed by atoms with Gasteiger partial charge in [0.1, 0.15) is 5.75 Å². The van der Waals surface area contributed by atoms with Gasteiger partial charge in [-0.15, -0.1) is 0 Å². The average molecular weight is 344 g/mol. The Hall–Kier alpha value is -0.580. The second-order valence-electron chi connectivity index (χ2n) is 5.72. The molecule has 1 aromatic rings. The molecule has 0 fully saturated rings. The first kappa shape index (κ1) is 17.5. The molecule has 0 saturated heterocycles. The van der Waals surface area contributed by atoms with Crippen LogP contribution >= 0.6 is 15.9 Å². The molecular weight excluding hydrogens is 318 g/mol. The first-order chi connectivity index (χ1) is 9.42. The number of benzene rings is 1. The van der Waals surface area contributed by atoms with Crippen molar-refractivity contribution < 1.29 is 9.47 Å². The van der Waals surface area contributed by atoms with Crippen LogP contribution in [0.25, 0.3) is 0 Å². The largest absolute Gasteiger partial charge is 0.494 e. The van der Waals surface area contributed by atoms with Gasteiger partial charge in [0.15, 0.2) is 0 Å². The number of ether oxygens (including phenoxy) is 2. The van der Waals surface area contributed by atoms with Gasteiger partial charge in [-0.1, -0.05) is 15.9 Å². The predicted octanol–water partition coefficient (Wildman–Crippen LogP) is 3.80.